The summed E-state index contributed by atoms with van der Waals surface area (Å²) >= 11 is 0. The van der Waals surface area contributed by atoms with Gasteiger partial charge in [-0.25, -0.2) is 5.10 Å². The van der Waals surface area contributed by atoms with E-state index in [1.165, 1.54) is 0 Å². The standard InChI is InChI=1S/C6H13N5/c1-3-11(4-2)6-8-5(7)9-10-6/h3-4H2,1-2H3,(H3,7,8,9,10). The summed E-state index contributed by atoms with van der Waals surface area (Å²) in [6.45, 7) is 5.90. The molecule has 0 saturated heterocycles. The van der Waals surface area contributed by atoms with E-state index in [0.717, 1.165) is 13.1 Å². The number of aromatic amines is 1. The molecule has 0 fully saturated rings. The normalized spacial score (nSPS) is 10.0. The molecule has 0 aromatic carbocycles. The Labute approximate surface area is 65.6 Å². The van der Waals surface area contributed by atoms with Crippen LogP contribution in [-0.2, 0) is 0 Å². The van der Waals surface area contributed by atoms with Gasteiger partial charge in [-0.3, -0.25) is 0 Å². The maximum atomic E-state index is 5.37. The summed E-state index contributed by atoms with van der Waals surface area (Å²) in [7, 11) is 0. The summed E-state index contributed by atoms with van der Waals surface area (Å²) in [5.74, 6) is 1.04. The van der Waals surface area contributed by atoms with Gasteiger partial charge in [0.2, 0.25) is 11.9 Å². The van der Waals surface area contributed by atoms with Gasteiger partial charge in [0, 0.05) is 13.1 Å². The van der Waals surface area contributed by atoms with Crippen molar-refractivity contribution in [1.82, 2.24) is 15.2 Å². The maximum Gasteiger partial charge on any atom is 0.246 e. The largest absolute Gasteiger partial charge is 0.368 e. The zero-order valence-corrected chi connectivity index (χ0v) is 6.83. The zero-order chi connectivity index (χ0) is 8.27. The number of rotatable bonds is 3. The average Bonchev–Trinajstić information content (AvgIpc) is 2.39. The number of nitrogens with zero attached hydrogens (tertiary/aromatic N) is 3. The van der Waals surface area contributed by atoms with Crippen LogP contribution in [0.5, 0.6) is 0 Å². The Bertz CT molecular complexity index is 215. The molecule has 0 radical (unpaired) electrons. The van der Waals surface area contributed by atoms with E-state index in [4.69, 9.17) is 5.73 Å². The number of aromatic nitrogens is 3. The molecule has 0 amide bonds. The molecular weight excluding hydrogens is 142 g/mol. The average molecular weight is 155 g/mol. The predicted octanol–water partition coefficient (Wildman–Crippen LogP) is 0.233. The van der Waals surface area contributed by atoms with Gasteiger partial charge in [-0.1, -0.05) is 0 Å². The molecule has 3 N–H and O–H groups in total. The van der Waals surface area contributed by atoms with Crippen LogP contribution in [0.4, 0.5) is 11.9 Å². The van der Waals surface area contributed by atoms with Crippen molar-refractivity contribution in [3.05, 3.63) is 0 Å². The number of nitrogens with one attached hydrogen (secondary N) is 1. The van der Waals surface area contributed by atoms with E-state index in [1.54, 1.807) is 0 Å². The Balaban J connectivity index is 2.73. The van der Waals surface area contributed by atoms with Crippen molar-refractivity contribution in [2.75, 3.05) is 23.7 Å². The summed E-state index contributed by atoms with van der Waals surface area (Å²) in [5.41, 5.74) is 5.37. The van der Waals surface area contributed by atoms with E-state index in [9.17, 15) is 0 Å². The van der Waals surface area contributed by atoms with Crippen LogP contribution < -0.4 is 10.6 Å². The van der Waals surface area contributed by atoms with Crippen LogP contribution in [0.15, 0.2) is 0 Å². The highest BCUT2D eigenvalue weighted by Gasteiger charge is 2.05. The van der Waals surface area contributed by atoms with Crippen molar-refractivity contribution in [3.8, 4) is 0 Å². The van der Waals surface area contributed by atoms with Gasteiger partial charge >= 0.3 is 0 Å². The number of hydrogen-bond donors (Lipinski definition) is 2. The molecule has 1 aromatic heterocycles. The monoisotopic (exact) mass is 155 g/mol. The first-order valence-corrected chi connectivity index (χ1v) is 3.70. The molecular formula is C6H13N5. The minimum absolute atomic E-state index is 0.368. The van der Waals surface area contributed by atoms with Crippen LogP contribution >= 0.6 is 0 Å². The summed E-state index contributed by atoms with van der Waals surface area (Å²) in [6.07, 6.45) is 0. The number of anilines is 2. The molecule has 62 valence electrons. The topological polar surface area (TPSA) is 70.8 Å². The molecule has 11 heavy (non-hydrogen) atoms. The van der Waals surface area contributed by atoms with Gasteiger partial charge in [0.15, 0.2) is 0 Å². The second-order valence-corrected chi connectivity index (χ2v) is 2.19. The Morgan fingerprint density at radius 2 is 2.09 bits per heavy atom. The molecule has 1 heterocycles. The van der Waals surface area contributed by atoms with E-state index in [2.05, 4.69) is 29.0 Å². The van der Waals surface area contributed by atoms with E-state index < -0.39 is 0 Å². The molecule has 1 aromatic rings. The molecule has 0 aliphatic carbocycles. The highest BCUT2D eigenvalue weighted by molar-refractivity contribution is 5.32. The zero-order valence-electron chi connectivity index (χ0n) is 6.83. The van der Waals surface area contributed by atoms with Gasteiger partial charge in [-0.2, -0.15) is 4.98 Å². The number of hydrogen-bond acceptors (Lipinski definition) is 4. The Morgan fingerprint density at radius 3 is 2.45 bits per heavy atom. The Morgan fingerprint density at radius 1 is 1.45 bits per heavy atom. The van der Waals surface area contributed by atoms with Gasteiger partial charge in [0.05, 0.1) is 0 Å². The second-order valence-electron chi connectivity index (χ2n) is 2.19. The highest BCUT2D eigenvalue weighted by atomic mass is 15.4. The molecule has 0 aliphatic heterocycles. The SMILES string of the molecule is CCN(CC)c1n[nH]c(N)n1. The molecule has 0 spiro atoms. The van der Waals surface area contributed by atoms with Crippen molar-refractivity contribution < 1.29 is 0 Å². The quantitative estimate of drug-likeness (QED) is 0.655. The molecule has 5 nitrogen and oxygen atoms in total. The molecule has 5 heteroatoms. The molecule has 1 rings (SSSR count). The number of H-pyrrole nitrogens is 1. The third kappa shape index (κ3) is 1.60. The van der Waals surface area contributed by atoms with Crippen molar-refractivity contribution in [2.45, 2.75) is 13.8 Å². The van der Waals surface area contributed by atoms with Crippen LogP contribution in [0.2, 0.25) is 0 Å². The Hall–Kier alpha value is -1.26. The first-order chi connectivity index (χ1) is 5.27. The van der Waals surface area contributed by atoms with Gasteiger partial charge in [0.1, 0.15) is 0 Å². The van der Waals surface area contributed by atoms with Crippen molar-refractivity contribution in [3.63, 3.8) is 0 Å². The second kappa shape index (κ2) is 3.23. The van der Waals surface area contributed by atoms with Gasteiger partial charge in [-0.05, 0) is 13.8 Å². The van der Waals surface area contributed by atoms with Gasteiger partial charge < -0.3 is 10.6 Å². The number of nitrogen functional groups attached to an aromatic ring is 1. The van der Waals surface area contributed by atoms with Gasteiger partial charge in [-0.15, -0.1) is 5.10 Å². The summed E-state index contributed by atoms with van der Waals surface area (Å²) < 4.78 is 0. The van der Waals surface area contributed by atoms with E-state index in [-0.39, 0.29) is 0 Å². The lowest BCUT2D eigenvalue weighted by Gasteiger charge is -2.14. The maximum absolute atomic E-state index is 5.37. The van der Waals surface area contributed by atoms with Gasteiger partial charge in [0.25, 0.3) is 0 Å². The van der Waals surface area contributed by atoms with Crippen LogP contribution in [0.3, 0.4) is 0 Å². The fraction of sp³-hybridized carbons (Fsp3) is 0.667. The third-order valence-corrected chi connectivity index (χ3v) is 1.54. The summed E-state index contributed by atoms with van der Waals surface area (Å²) in [5, 5.41) is 6.52. The lowest BCUT2D eigenvalue weighted by molar-refractivity contribution is 0.824. The molecule has 0 unspecified atom stereocenters. The van der Waals surface area contributed by atoms with Crippen molar-refractivity contribution >= 4 is 11.9 Å². The van der Waals surface area contributed by atoms with Crippen LogP contribution in [0, 0.1) is 0 Å². The predicted molar refractivity (Wildman–Crippen MR) is 44.4 cm³/mol. The fourth-order valence-corrected chi connectivity index (χ4v) is 0.913. The van der Waals surface area contributed by atoms with Crippen molar-refractivity contribution in [2.24, 2.45) is 0 Å². The molecule has 0 atom stereocenters. The third-order valence-electron chi connectivity index (χ3n) is 1.54. The number of nitrogens with two attached hydrogens (primary N) is 1. The first-order valence-electron chi connectivity index (χ1n) is 3.70. The minimum Gasteiger partial charge on any atom is -0.368 e. The summed E-state index contributed by atoms with van der Waals surface area (Å²) in [4.78, 5) is 6.01. The van der Waals surface area contributed by atoms with Crippen LogP contribution in [-0.4, -0.2) is 28.3 Å². The highest BCUT2D eigenvalue weighted by Crippen LogP contribution is 2.05. The Kier molecular flexibility index (Phi) is 2.30. The molecule has 0 saturated carbocycles. The van der Waals surface area contributed by atoms with E-state index in [1.807, 2.05) is 4.90 Å². The smallest absolute Gasteiger partial charge is 0.246 e. The van der Waals surface area contributed by atoms with Crippen LogP contribution in [0.25, 0.3) is 0 Å². The minimum atomic E-state index is 0.368. The molecule has 0 bridgehead atoms. The van der Waals surface area contributed by atoms with Crippen LogP contribution in [0.1, 0.15) is 13.8 Å². The summed E-state index contributed by atoms with van der Waals surface area (Å²) in [6, 6.07) is 0. The molecule has 0 aliphatic rings. The van der Waals surface area contributed by atoms with E-state index in [0.29, 0.717) is 11.9 Å². The lowest BCUT2D eigenvalue weighted by atomic mass is 10.5. The fourth-order valence-electron chi connectivity index (χ4n) is 0.913. The van der Waals surface area contributed by atoms with Crippen molar-refractivity contribution in [1.29, 1.82) is 0 Å². The lowest BCUT2D eigenvalue weighted by Crippen LogP contribution is -2.23. The van der Waals surface area contributed by atoms with E-state index >= 15 is 0 Å². The first kappa shape index (κ1) is 7.84.